The van der Waals surface area contributed by atoms with E-state index in [-0.39, 0.29) is 0 Å². The number of halogens is 2. The molecule has 1 aromatic carbocycles. The zero-order chi connectivity index (χ0) is 12.4. The lowest BCUT2D eigenvalue weighted by atomic mass is 10.1. The summed E-state index contributed by atoms with van der Waals surface area (Å²) in [5.41, 5.74) is 2.63. The van der Waals surface area contributed by atoms with E-state index in [9.17, 15) is 0 Å². The molecular weight excluding hydrogens is 346 g/mol. The van der Waals surface area contributed by atoms with Gasteiger partial charge < -0.3 is 9.64 Å². The molecule has 0 aliphatic carbocycles. The summed E-state index contributed by atoms with van der Waals surface area (Å²) in [6, 6.07) is 6.46. The third kappa shape index (κ3) is 3.24. The minimum absolute atomic E-state index is 0.297. The highest BCUT2D eigenvalue weighted by Gasteiger charge is 2.23. The second kappa shape index (κ2) is 5.72. The van der Waals surface area contributed by atoms with Crippen molar-refractivity contribution >= 4 is 37.5 Å². The Morgan fingerprint density at radius 3 is 2.53 bits per heavy atom. The summed E-state index contributed by atoms with van der Waals surface area (Å²) < 4.78 is 6.90. The predicted molar refractivity (Wildman–Crippen MR) is 79.0 cm³/mol. The molecular formula is C13H17Br2NO. The molecule has 0 radical (unpaired) electrons. The number of nitrogens with zero attached hydrogens (tertiary/aromatic N) is 1. The van der Waals surface area contributed by atoms with Crippen LogP contribution in [0.1, 0.15) is 19.4 Å². The molecule has 1 aliphatic rings. The molecule has 1 saturated heterocycles. The Kier molecular flexibility index (Phi) is 4.50. The molecule has 0 amide bonds. The van der Waals surface area contributed by atoms with Gasteiger partial charge in [-0.25, -0.2) is 0 Å². The minimum atomic E-state index is 0.297. The van der Waals surface area contributed by atoms with Crippen molar-refractivity contribution in [1.82, 2.24) is 0 Å². The highest BCUT2D eigenvalue weighted by atomic mass is 79.9. The summed E-state index contributed by atoms with van der Waals surface area (Å²) in [5, 5.41) is 0.877. The minimum Gasteiger partial charge on any atom is -0.372 e. The van der Waals surface area contributed by atoms with Gasteiger partial charge in [-0.3, -0.25) is 0 Å². The van der Waals surface area contributed by atoms with Crippen molar-refractivity contribution in [1.29, 1.82) is 0 Å². The summed E-state index contributed by atoms with van der Waals surface area (Å²) in [6.07, 6.45) is 0.594. The number of hydrogen-bond acceptors (Lipinski definition) is 2. The van der Waals surface area contributed by atoms with Gasteiger partial charge >= 0.3 is 0 Å². The maximum Gasteiger partial charge on any atom is 0.0726 e. The quantitative estimate of drug-likeness (QED) is 0.738. The van der Waals surface area contributed by atoms with Crippen LogP contribution in [0.2, 0.25) is 0 Å². The van der Waals surface area contributed by atoms with Gasteiger partial charge in [-0.15, -0.1) is 0 Å². The first-order valence-electron chi connectivity index (χ1n) is 5.85. The third-order valence-corrected chi connectivity index (χ3v) is 4.04. The first kappa shape index (κ1) is 13.4. The summed E-state index contributed by atoms with van der Waals surface area (Å²) in [6.45, 7) is 6.20. The highest BCUT2D eigenvalue weighted by molar-refractivity contribution is 9.10. The molecule has 94 valence electrons. The smallest absolute Gasteiger partial charge is 0.0726 e. The summed E-state index contributed by atoms with van der Waals surface area (Å²) in [7, 11) is 0. The lowest BCUT2D eigenvalue weighted by Crippen LogP contribution is -2.45. The second-order valence-electron chi connectivity index (χ2n) is 4.57. The van der Waals surface area contributed by atoms with Gasteiger partial charge in [0.2, 0.25) is 0 Å². The Balaban J connectivity index is 2.26. The number of rotatable bonds is 2. The zero-order valence-electron chi connectivity index (χ0n) is 10.1. The molecule has 2 nitrogen and oxygen atoms in total. The van der Waals surface area contributed by atoms with Gasteiger partial charge in [-0.1, -0.05) is 31.9 Å². The average Bonchev–Trinajstić information content (AvgIpc) is 2.27. The van der Waals surface area contributed by atoms with Crippen molar-refractivity contribution in [2.75, 3.05) is 18.0 Å². The van der Waals surface area contributed by atoms with Crippen molar-refractivity contribution in [3.63, 3.8) is 0 Å². The molecule has 4 heteroatoms. The predicted octanol–water partition coefficient (Wildman–Crippen LogP) is 3.96. The topological polar surface area (TPSA) is 12.5 Å². The number of hydrogen-bond donors (Lipinski definition) is 0. The van der Waals surface area contributed by atoms with Crippen LogP contribution in [0.5, 0.6) is 0 Å². The van der Waals surface area contributed by atoms with E-state index in [4.69, 9.17) is 4.74 Å². The Bertz CT molecular complexity index is 387. The van der Waals surface area contributed by atoms with Crippen LogP contribution in [0.25, 0.3) is 0 Å². The van der Waals surface area contributed by atoms with Crippen LogP contribution in [0.15, 0.2) is 22.7 Å². The Morgan fingerprint density at radius 1 is 1.29 bits per heavy atom. The molecule has 1 aromatic rings. The van der Waals surface area contributed by atoms with Gasteiger partial charge in [0.25, 0.3) is 0 Å². The number of morpholine rings is 1. The molecule has 1 fully saturated rings. The standard InChI is InChI=1S/C13H17Br2NO/c1-9-7-16(8-10(2)17-9)13-4-3-12(15)5-11(13)6-14/h3-5,9-10H,6-8H2,1-2H3. The van der Waals surface area contributed by atoms with Gasteiger partial charge in [0.15, 0.2) is 0 Å². The van der Waals surface area contributed by atoms with Gasteiger partial charge in [-0.2, -0.15) is 0 Å². The monoisotopic (exact) mass is 361 g/mol. The third-order valence-electron chi connectivity index (χ3n) is 2.95. The van der Waals surface area contributed by atoms with Crippen LogP contribution in [0, 0.1) is 0 Å². The largest absolute Gasteiger partial charge is 0.372 e. The lowest BCUT2D eigenvalue weighted by Gasteiger charge is -2.37. The van der Waals surface area contributed by atoms with Gasteiger partial charge in [0.1, 0.15) is 0 Å². The van der Waals surface area contributed by atoms with E-state index in [1.165, 1.54) is 11.3 Å². The number of ether oxygens (including phenoxy) is 1. The SMILES string of the molecule is CC1CN(c2ccc(Br)cc2CBr)CC(C)O1. The number of alkyl halides is 1. The van der Waals surface area contributed by atoms with E-state index in [0.717, 1.165) is 22.9 Å². The van der Waals surface area contributed by atoms with E-state index < -0.39 is 0 Å². The molecule has 2 unspecified atom stereocenters. The first-order chi connectivity index (χ1) is 8.10. The Hall–Kier alpha value is -0.0600. The van der Waals surface area contributed by atoms with Crippen LogP contribution < -0.4 is 4.90 Å². The summed E-state index contributed by atoms with van der Waals surface area (Å²) >= 11 is 7.08. The van der Waals surface area contributed by atoms with E-state index in [0.29, 0.717) is 12.2 Å². The zero-order valence-corrected chi connectivity index (χ0v) is 13.3. The van der Waals surface area contributed by atoms with Gasteiger partial charge in [-0.05, 0) is 37.6 Å². The van der Waals surface area contributed by atoms with Crippen LogP contribution in [-0.2, 0) is 10.1 Å². The summed E-state index contributed by atoms with van der Waals surface area (Å²) in [4.78, 5) is 2.42. The van der Waals surface area contributed by atoms with E-state index in [1.54, 1.807) is 0 Å². The second-order valence-corrected chi connectivity index (χ2v) is 6.05. The molecule has 0 aromatic heterocycles. The average molecular weight is 363 g/mol. The molecule has 17 heavy (non-hydrogen) atoms. The Morgan fingerprint density at radius 2 is 1.94 bits per heavy atom. The van der Waals surface area contributed by atoms with Crippen molar-refractivity contribution < 1.29 is 4.74 Å². The fourth-order valence-electron chi connectivity index (χ4n) is 2.34. The molecule has 0 bridgehead atoms. The van der Waals surface area contributed by atoms with Gasteiger partial charge in [0.05, 0.1) is 12.2 Å². The Labute approximate surface area is 120 Å². The van der Waals surface area contributed by atoms with Crippen LogP contribution in [0.4, 0.5) is 5.69 Å². The van der Waals surface area contributed by atoms with Gasteiger partial charge in [0, 0.05) is 28.6 Å². The first-order valence-corrected chi connectivity index (χ1v) is 7.76. The van der Waals surface area contributed by atoms with E-state index >= 15 is 0 Å². The fourth-order valence-corrected chi connectivity index (χ4v) is 3.20. The van der Waals surface area contributed by atoms with Crippen LogP contribution in [0.3, 0.4) is 0 Å². The molecule has 1 aliphatic heterocycles. The van der Waals surface area contributed by atoms with Crippen molar-refractivity contribution in [3.05, 3.63) is 28.2 Å². The molecule has 1 heterocycles. The molecule has 2 rings (SSSR count). The highest BCUT2D eigenvalue weighted by Crippen LogP contribution is 2.28. The summed E-state index contributed by atoms with van der Waals surface area (Å²) in [5.74, 6) is 0. The maximum absolute atomic E-state index is 5.77. The van der Waals surface area contributed by atoms with E-state index in [1.807, 2.05) is 0 Å². The maximum atomic E-state index is 5.77. The molecule has 2 atom stereocenters. The van der Waals surface area contributed by atoms with E-state index in [2.05, 4.69) is 68.8 Å². The normalized spacial score (nSPS) is 25.1. The van der Waals surface area contributed by atoms with Crippen molar-refractivity contribution in [3.8, 4) is 0 Å². The van der Waals surface area contributed by atoms with Crippen LogP contribution >= 0.6 is 31.9 Å². The lowest BCUT2D eigenvalue weighted by molar-refractivity contribution is -0.00524. The number of anilines is 1. The molecule has 0 saturated carbocycles. The molecule has 0 spiro atoms. The van der Waals surface area contributed by atoms with Crippen molar-refractivity contribution in [2.24, 2.45) is 0 Å². The fraction of sp³-hybridized carbons (Fsp3) is 0.538. The van der Waals surface area contributed by atoms with Crippen molar-refractivity contribution in [2.45, 2.75) is 31.4 Å². The molecule has 0 N–H and O–H groups in total. The number of benzene rings is 1. The van der Waals surface area contributed by atoms with Crippen LogP contribution in [-0.4, -0.2) is 25.3 Å².